The lowest BCUT2D eigenvalue weighted by Gasteiger charge is -2.32. The molecule has 2 heterocycles. The van der Waals surface area contributed by atoms with Gasteiger partial charge in [-0.05, 0) is 61.5 Å². The van der Waals surface area contributed by atoms with Gasteiger partial charge < -0.3 is 15.0 Å². The van der Waals surface area contributed by atoms with Crippen molar-refractivity contribution in [3.63, 3.8) is 0 Å². The largest absolute Gasteiger partial charge is 0.373 e. The zero-order valence-corrected chi connectivity index (χ0v) is 15.3. The number of hydrogen-bond donors (Lipinski definition) is 1. The number of carbonyl (C=O) groups is 1. The molecule has 3 atom stereocenters. The van der Waals surface area contributed by atoms with Crippen molar-refractivity contribution in [1.29, 1.82) is 0 Å². The molecule has 0 aromatic carbocycles. The summed E-state index contributed by atoms with van der Waals surface area (Å²) < 4.78 is 5.97. The van der Waals surface area contributed by atoms with E-state index in [9.17, 15) is 4.79 Å². The molecule has 0 spiro atoms. The van der Waals surface area contributed by atoms with E-state index in [4.69, 9.17) is 4.74 Å². The van der Waals surface area contributed by atoms with Crippen molar-refractivity contribution in [2.45, 2.75) is 44.8 Å². The summed E-state index contributed by atoms with van der Waals surface area (Å²) in [5.74, 6) is 2.35. The third-order valence-corrected chi connectivity index (χ3v) is 6.15. The first-order valence-electron chi connectivity index (χ1n) is 9.99. The highest BCUT2D eigenvalue weighted by Crippen LogP contribution is 2.44. The second-order valence-electron chi connectivity index (χ2n) is 7.92. The van der Waals surface area contributed by atoms with Gasteiger partial charge in [-0.25, -0.2) is 4.79 Å². The molecule has 5 nitrogen and oxygen atoms in total. The van der Waals surface area contributed by atoms with Crippen molar-refractivity contribution >= 4 is 6.03 Å². The van der Waals surface area contributed by atoms with Crippen molar-refractivity contribution in [3.8, 4) is 0 Å². The fourth-order valence-corrected chi connectivity index (χ4v) is 4.63. The number of nitrogens with zero attached hydrogens (tertiary/aromatic N) is 2. The SMILES string of the molecule is O=C(NCC[C@@H]1C[C@@H]2C=C[C@H]1C2)N1CCC(OCc2cccnc2)CC1. The van der Waals surface area contributed by atoms with Crippen LogP contribution in [-0.2, 0) is 11.3 Å². The maximum Gasteiger partial charge on any atom is 0.317 e. The molecule has 1 aromatic rings. The number of pyridine rings is 1. The Bertz CT molecular complexity index is 625. The molecule has 4 rings (SSSR count). The van der Waals surface area contributed by atoms with Crippen molar-refractivity contribution in [2.75, 3.05) is 19.6 Å². The van der Waals surface area contributed by atoms with Gasteiger partial charge in [0.1, 0.15) is 0 Å². The molecule has 2 aliphatic carbocycles. The van der Waals surface area contributed by atoms with Gasteiger partial charge in [-0.2, -0.15) is 0 Å². The summed E-state index contributed by atoms with van der Waals surface area (Å²) >= 11 is 0. The molecule has 0 unspecified atom stereocenters. The molecule has 1 saturated carbocycles. The molecular weight excluding hydrogens is 326 g/mol. The molecule has 5 heteroatoms. The molecule has 0 radical (unpaired) electrons. The molecule has 1 aliphatic heterocycles. The Morgan fingerprint density at radius 2 is 2.15 bits per heavy atom. The molecular formula is C21H29N3O2. The van der Waals surface area contributed by atoms with E-state index < -0.39 is 0 Å². The number of allylic oxidation sites excluding steroid dienone is 2. The minimum Gasteiger partial charge on any atom is -0.373 e. The van der Waals surface area contributed by atoms with E-state index in [0.29, 0.717) is 6.61 Å². The van der Waals surface area contributed by atoms with Crippen LogP contribution in [0.15, 0.2) is 36.7 Å². The highest BCUT2D eigenvalue weighted by molar-refractivity contribution is 5.74. The van der Waals surface area contributed by atoms with E-state index in [1.165, 1.54) is 12.8 Å². The van der Waals surface area contributed by atoms with E-state index >= 15 is 0 Å². The van der Waals surface area contributed by atoms with E-state index in [2.05, 4.69) is 22.5 Å². The second kappa shape index (κ2) is 8.21. The number of nitrogens with one attached hydrogen (secondary N) is 1. The highest BCUT2D eigenvalue weighted by atomic mass is 16.5. The van der Waals surface area contributed by atoms with Crippen LogP contribution < -0.4 is 5.32 Å². The Hall–Kier alpha value is -1.88. The topological polar surface area (TPSA) is 54.5 Å². The lowest BCUT2D eigenvalue weighted by atomic mass is 9.91. The Morgan fingerprint density at radius 3 is 2.85 bits per heavy atom. The van der Waals surface area contributed by atoms with Crippen molar-refractivity contribution in [3.05, 3.63) is 42.2 Å². The highest BCUT2D eigenvalue weighted by Gasteiger charge is 2.35. The average Bonchev–Trinajstić information content (AvgIpc) is 3.31. The van der Waals surface area contributed by atoms with Crippen molar-refractivity contribution in [2.24, 2.45) is 17.8 Å². The molecule has 26 heavy (non-hydrogen) atoms. The number of rotatable bonds is 6. The van der Waals surface area contributed by atoms with Crippen molar-refractivity contribution in [1.82, 2.24) is 15.2 Å². The smallest absolute Gasteiger partial charge is 0.317 e. The van der Waals surface area contributed by atoms with E-state index in [-0.39, 0.29) is 12.1 Å². The molecule has 140 valence electrons. The first kappa shape index (κ1) is 17.5. The maximum atomic E-state index is 12.4. The summed E-state index contributed by atoms with van der Waals surface area (Å²) in [6.45, 7) is 2.96. The quantitative estimate of drug-likeness (QED) is 0.796. The molecule has 2 amide bonds. The molecule has 2 bridgehead atoms. The van der Waals surface area contributed by atoms with E-state index in [1.807, 2.05) is 23.2 Å². The van der Waals surface area contributed by atoms with Gasteiger partial charge in [-0.3, -0.25) is 4.98 Å². The van der Waals surface area contributed by atoms with E-state index in [0.717, 1.165) is 62.2 Å². The number of aromatic nitrogens is 1. The van der Waals surface area contributed by atoms with Gasteiger partial charge in [-0.15, -0.1) is 0 Å². The number of likely N-dealkylation sites (tertiary alicyclic amines) is 1. The number of piperidine rings is 1. The number of carbonyl (C=O) groups excluding carboxylic acids is 1. The predicted octanol–water partition coefficient (Wildman–Crippen LogP) is 3.37. The summed E-state index contributed by atoms with van der Waals surface area (Å²) in [4.78, 5) is 18.4. The van der Waals surface area contributed by atoms with Gasteiger partial charge >= 0.3 is 6.03 Å². The van der Waals surface area contributed by atoms with E-state index in [1.54, 1.807) is 6.20 Å². The van der Waals surface area contributed by atoms with Crippen LogP contribution in [0.25, 0.3) is 0 Å². The van der Waals surface area contributed by atoms with Gasteiger partial charge in [0.15, 0.2) is 0 Å². The van der Waals surface area contributed by atoms with Crippen LogP contribution in [0.1, 0.15) is 37.7 Å². The number of ether oxygens (including phenoxy) is 1. The van der Waals surface area contributed by atoms with Crippen LogP contribution in [0.4, 0.5) is 4.79 Å². The first-order valence-corrected chi connectivity index (χ1v) is 9.99. The third kappa shape index (κ3) is 4.26. The fourth-order valence-electron chi connectivity index (χ4n) is 4.63. The number of amides is 2. The standard InChI is InChI=1S/C21H29N3O2/c25-21(23-9-5-19-13-16-3-4-18(19)12-16)24-10-6-20(7-11-24)26-15-17-2-1-8-22-14-17/h1-4,8,14,16,18-20H,5-7,9-13,15H2,(H,23,25)/t16-,18+,19-/m1/s1. The monoisotopic (exact) mass is 355 g/mol. The maximum absolute atomic E-state index is 12.4. The average molecular weight is 355 g/mol. The normalized spacial score (nSPS) is 27.8. The van der Waals surface area contributed by atoms with Gasteiger partial charge in [0.2, 0.25) is 0 Å². The lowest BCUT2D eigenvalue weighted by Crippen LogP contribution is -2.46. The van der Waals surface area contributed by atoms with Crippen LogP contribution in [-0.4, -0.2) is 41.7 Å². The minimum absolute atomic E-state index is 0.0920. The van der Waals surface area contributed by atoms with Gasteiger partial charge in [0, 0.05) is 32.0 Å². The Balaban J connectivity index is 1.12. The molecule has 1 N–H and O–H groups in total. The van der Waals surface area contributed by atoms with Crippen LogP contribution in [0.2, 0.25) is 0 Å². The summed E-state index contributed by atoms with van der Waals surface area (Å²) in [7, 11) is 0. The number of hydrogen-bond acceptors (Lipinski definition) is 3. The predicted molar refractivity (Wildman–Crippen MR) is 100 cm³/mol. The Kier molecular flexibility index (Phi) is 5.54. The third-order valence-electron chi connectivity index (χ3n) is 6.15. The van der Waals surface area contributed by atoms with Gasteiger partial charge in [-0.1, -0.05) is 18.2 Å². The number of fused-ring (bicyclic) bond motifs is 2. The Morgan fingerprint density at radius 1 is 1.27 bits per heavy atom. The Labute approximate surface area is 155 Å². The summed E-state index contributed by atoms with van der Waals surface area (Å²) in [5, 5.41) is 3.13. The van der Waals surface area contributed by atoms with Crippen LogP contribution in [0.3, 0.4) is 0 Å². The number of urea groups is 1. The second-order valence-corrected chi connectivity index (χ2v) is 7.92. The molecule has 3 aliphatic rings. The summed E-state index contributed by atoms with van der Waals surface area (Å²) in [6, 6.07) is 4.05. The lowest BCUT2D eigenvalue weighted by molar-refractivity contribution is 0.00435. The zero-order chi connectivity index (χ0) is 17.8. The molecule has 1 aromatic heterocycles. The fraction of sp³-hybridized carbons (Fsp3) is 0.619. The van der Waals surface area contributed by atoms with Crippen LogP contribution >= 0.6 is 0 Å². The van der Waals surface area contributed by atoms with Crippen molar-refractivity contribution < 1.29 is 9.53 Å². The minimum atomic E-state index is 0.0920. The molecule has 1 saturated heterocycles. The van der Waals surface area contributed by atoms with Gasteiger partial charge in [0.25, 0.3) is 0 Å². The molecule has 2 fully saturated rings. The summed E-state index contributed by atoms with van der Waals surface area (Å²) in [6.07, 6.45) is 14.2. The van der Waals surface area contributed by atoms with Crippen LogP contribution in [0.5, 0.6) is 0 Å². The zero-order valence-electron chi connectivity index (χ0n) is 15.3. The van der Waals surface area contributed by atoms with Gasteiger partial charge in [0.05, 0.1) is 12.7 Å². The first-order chi connectivity index (χ1) is 12.8. The summed E-state index contributed by atoms with van der Waals surface area (Å²) in [5.41, 5.74) is 1.10. The van der Waals surface area contributed by atoms with Crippen LogP contribution in [0, 0.1) is 17.8 Å².